The number of rotatable bonds is 9. The Labute approximate surface area is 205 Å². The van der Waals surface area contributed by atoms with Gasteiger partial charge in [0, 0.05) is 38.1 Å². The van der Waals surface area contributed by atoms with Crippen LogP contribution in [0.3, 0.4) is 0 Å². The predicted octanol–water partition coefficient (Wildman–Crippen LogP) is 3.66. The van der Waals surface area contributed by atoms with Gasteiger partial charge in [0.2, 0.25) is 16.0 Å². The Balaban J connectivity index is 1.59. The molecule has 3 N–H and O–H groups in total. The lowest BCUT2D eigenvalue weighted by molar-refractivity contribution is 0.340. The van der Waals surface area contributed by atoms with Crippen molar-refractivity contribution in [1.82, 2.24) is 19.6 Å². The van der Waals surface area contributed by atoms with E-state index < -0.39 is 10.0 Å². The van der Waals surface area contributed by atoms with E-state index in [2.05, 4.69) is 25.9 Å². The number of thiocarbonyl (C=S) groups is 1. The summed E-state index contributed by atoms with van der Waals surface area (Å²) in [5.41, 5.74) is 2.52. The molecule has 0 aliphatic rings. The van der Waals surface area contributed by atoms with Gasteiger partial charge in [-0.3, -0.25) is 0 Å². The molecule has 11 heteroatoms. The molecule has 2 aromatic carbocycles. The summed E-state index contributed by atoms with van der Waals surface area (Å²) in [6.45, 7) is 4.84. The Morgan fingerprint density at radius 3 is 2.35 bits per heavy atom. The van der Waals surface area contributed by atoms with Gasteiger partial charge in [0.05, 0.1) is 11.5 Å². The number of hydrogen-bond acceptors (Lipinski definition) is 7. The highest BCUT2D eigenvalue weighted by atomic mass is 32.2. The first-order chi connectivity index (χ1) is 16.2. The first-order valence-corrected chi connectivity index (χ1v) is 12.4. The fraction of sp³-hybridized carbons (Fsp3) is 0.261. The summed E-state index contributed by atoms with van der Waals surface area (Å²) in [4.78, 5) is 9.10. The number of ether oxygens (including phenoxy) is 1. The van der Waals surface area contributed by atoms with Gasteiger partial charge in [-0.1, -0.05) is 12.1 Å². The van der Waals surface area contributed by atoms with Crippen molar-refractivity contribution in [2.75, 3.05) is 31.3 Å². The van der Waals surface area contributed by atoms with E-state index in [9.17, 15) is 8.42 Å². The van der Waals surface area contributed by atoms with Crippen LogP contribution >= 0.6 is 12.2 Å². The van der Waals surface area contributed by atoms with Crippen LogP contribution in [0.1, 0.15) is 18.2 Å². The van der Waals surface area contributed by atoms with Gasteiger partial charge in [-0.15, -0.1) is 0 Å². The average Bonchev–Trinajstić information content (AvgIpc) is 2.79. The zero-order valence-electron chi connectivity index (χ0n) is 19.5. The van der Waals surface area contributed by atoms with Crippen LogP contribution in [0.4, 0.5) is 17.5 Å². The van der Waals surface area contributed by atoms with Crippen molar-refractivity contribution in [3.05, 3.63) is 65.9 Å². The summed E-state index contributed by atoms with van der Waals surface area (Å²) in [5, 5.41) is 9.67. The number of aromatic nitrogens is 2. The molecule has 0 fully saturated rings. The third-order valence-corrected chi connectivity index (χ3v) is 6.75. The van der Waals surface area contributed by atoms with Crippen LogP contribution in [0.5, 0.6) is 5.75 Å². The first kappa shape index (κ1) is 25.3. The fourth-order valence-electron chi connectivity index (χ4n) is 2.96. The molecule has 0 radical (unpaired) electrons. The topological polar surface area (TPSA) is 108 Å². The van der Waals surface area contributed by atoms with Crippen molar-refractivity contribution in [1.29, 1.82) is 0 Å². The van der Waals surface area contributed by atoms with Crippen molar-refractivity contribution < 1.29 is 13.2 Å². The third kappa shape index (κ3) is 6.86. The van der Waals surface area contributed by atoms with Crippen LogP contribution in [0.25, 0.3) is 0 Å². The number of nitrogens with one attached hydrogen (secondary N) is 3. The van der Waals surface area contributed by atoms with E-state index in [1.165, 1.54) is 18.4 Å². The van der Waals surface area contributed by atoms with Crippen LogP contribution in [-0.4, -0.2) is 48.5 Å². The molecule has 34 heavy (non-hydrogen) atoms. The van der Waals surface area contributed by atoms with Crippen molar-refractivity contribution in [2.24, 2.45) is 0 Å². The van der Waals surface area contributed by atoms with Crippen molar-refractivity contribution >= 4 is 44.8 Å². The van der Waals surface area contributed by atoms with Crippen LogP contribution in [0.2, 0.25) is 0 Å². The van der Waals surface area contributed by atoms with E-state index in [0.717, 1.165) is 22.7 Å². The molecule has 1 heterocycles. The molecule has 1 aromatic heterocycles. The SMILES string of the molecule is CCOc1ccc(Nc2cc(C)nc(NC(=S)NCc3ccc(S(=O)(=O)N(C)C)cc3)n2)cc1. The Morgan fingerprint density at radius 2 is 1.74 bits per heavy atom. The van der Waals surface area contributed by atoms with Crippen LogP contribution in [0.15, 0.2) is 59.5 Å². The van der Waals surface area contributed by atoms with Gasteiger partial charge in [0.1, 0.15) is 11.6 Å². The maximum Gasteiger partial charge on any atom is 0.242 e. The highest BCUT2D eigenvalue weighted by Crippen LogP contribution is 2.20. The van der Waals surface area contributed by atoms with E-state index in [0.29, 0.717) is 30.0 Å². The summed E-state index contributed by atoms with van der Waals surface area (Å²) in [6, 6.07) is 16.1. The van der Waals surface area contributed by atoms with Crippen molar-refractivity contribution in [3.8, 4) is 5.75 Å². The van der Waals surface area contributed by atoms with Crippen LogP contribution in [-0.2, 0) is 16.6 Å². The molecule has 0 saturated carbocycles. The summed E-state index contributed by atoms with van der Waals surface area (Å²) in [7, 11) is -0.453. The Bertz CT molecular complexity index is 1230. The highest BCUT2D eigenvalue weighted by Gasteiger charge is 2.16. The molecule has 0 amide bonds. The molecule has 0 atom stereocenters. The molecule has 0 unspecified atom stereocenters. The van der Waals surface area contributed by atoms with E-state index in [-0.39, 0.29) is 4.90 Å². The standard InChI is InChI=1S/C23H28N6O3S2/c1-5-32-19-10-8-18(9-11-19)26-21-14-16(2)25-22(27-21)28-23(33)24-15-17-6-12-20(13-7-17)34(30,31)29(3)4/h6-14H,5,15H2,1-4H3,(H3,24,25,26,27,28,33). The molecule has 0 aliphatic carbocycles. The second-order valence-electron chi connectivity index (χ2n) is 7.54. The number of aryl methyl sites for hydroxylation is 1. The Morgan fingerprint density at radius 1 is 1.06 bits per heavy atom. The van der Waals surface area contributed by atoms with E-state index in [1.807, 2.05) is 44.2 Å². The van der Waals surface area contributed by atoms with Gasteiger partial charge < -0.3 is 20.7 Å². The summed E-state index contributed by atoms with van der Waals surface area (Å²) >= 11 is 5.37. The molecule has 0 spiro atoms. The molecule has 9 nitrogen and oxygen atoms in total. The normalized spacial score (nSPS) is 11.2. The van der Waals surface area contributed by atoms with Crippen LogP contribution < -0.4 is 20.7 Å². The molecule has 0 aliphatic heterocycles. The van der Waals surface area contributed by atoms with Gasteiger partial charge in [0.25, 0.3) is 0 Å². The lowest BCUT2D eigenvalue weighted by Gasteiger charge is -2.13. The largest absolute Gasteiger partial charge is 0.494 e. The molecule has 0 saturated heterocycles. The third-order valence-electron chi connectivity index (χ3n) is 4.67. The lowest BCUT2D eigenvalue weighted by Crippen LogP contribution is -2.29. The molecule has 180 valence electrons. The second kappa shape index (κ2) is 11.2. The summed E-state index contributed by atoms with van der Waals surface area (Å²) in [6.07, 6.45) is 0. The molecular formula is C23H28N6O3S2. The van der Waals surface area contributed by atoms with E-state index >= 15 is 0 Å². The minimum atomic E-state index is -3.46. The molecular weight excluding hydrogens is 472 g/mol. The highest BCUT2D eigenvalue weighted by molar-refractivity contribution is 7.89. The monoisotopic (exact) mass is 500 g/mol. The molecule has 3 aromatic rings. The zero-order chi connectivity index (χ0) is 24.7. The molecule has 3 rings (SSSR count). The van der Waals surface area contributed by atoms with Gasteiger partial charge >= 0.3 is 0 Å². The quantitative estimate of drug-likeness (QED) is 0.379. The molecule has 0 bridgehead atoms. The number of sulfonamides is 1. The first-order valence-electron chi connectivity index (χ1n) is 10.6. The van der Waals surface area contributed by atoms with Crippen molar-refractivity contribution in [2.45, 2.75) is 25.3 Å². The lowest BCUT2D eigenvalue weighted by atomic mass is 10.2. The summed E-state index contributed by atoms with van der Waals surface area (Å²) < 4.78 is 31.0. The number of anilines is 3. The number of nitrogens with zero attached hydrogens (tertiary/aromatic N) is 3. The summed E-state index contributed by atoms with van der Waals surface area (Å²) in [5.74, 6) is 1.79. The Kier molecular flexibility index (Phi) is 8.37. The van der Waals surface area contributed by atoms with Crippen LogP contribution in [0, 0.1) is 6.92 Å². The maximum atomic E-state index is 12.2. The smallest absolute Gasteiger partial charge is 0.242 e. The average molecular weight is 501 g/mol. The minimum Gasteiger partial charge on any atom is -0.494 e. The fourth-order valence-corrected chi connectivity index (χ4v) is 4.02. The van der Waals surface area contributed by atoms with Gasteiger partial charge in [-0.25, -0.2) is 17.7 Å². The Hall–Kier alpha value is -3.28. The second-order valence-corrected chi connectivity index (χ2v) is 10.1. The van der Waals surface area contributed by atoms with E-state index in [1.54, 1.807) is 24.3 Å². The van der Waals surface area contributed by atoms with E-state index in [4.69, 9.17) is 17.0 Å². The van der Waals surface area contributed by atoms with Gasteiger partial charge in [-0.05, 0) is 68.0 Å². The number of hydrogen-bond donors (Lipinski definition) is 3. The zero-order valence-corrected chi connectivity index (χ0v) is 21.1. The predicted molar refractivity (Wildman–Crippen MR) is 138 cm³/mol. The maximum absolute atomic E-state index is 12.2. The number of benzene rings is 2. The van der Waals surface area contributed by atoms with Crippen molar-refractivity contribution in [3.63, 3.8) is 0 Å². The van der Waals surface area contributed by atoms with Gasteiger partial charge in [-0.2, -0.15) is 4.98 Å². The van der Waals surface area contributed by atoms with Gasteiger partial charge in [0.15, 0.2) is 5.11 Å². The minimum absolute atomic E-state index is 0.239.